The second-order valence-corrected chi connectivity index (χ2v) is 6.07. The van der Waals surface area contributed by atoms with Crippen LogP contribution in [-0.2, 0) is 5.88 Å². The lowest BCUT2D eigenvalue weighted by Gasteiger charge is -2.08. The van der Waals surface area contributed by atoms with Gasteiger partial charge in [-0.15, -0.1) is 11.6 Å². The third-order valence-corrected chi connectivity index (χ3v) is 4.50. The maximum atomic E-state index is 6.07. The summed E-state index contributed by atoms with van der Waals surface area (Å²) in [6, 6.07) is 18.8. The van der Waals surface area contributed by atoms with Crippen LogP contribution in [0.3, 0.4) is 0 Å². The van der Waals surface area contributed by atoms with Gasteiger partial charge >= 0.3 is 0 Å². The van der Waals surface area contributed by atoms with Crippen molar-refractivity contribution >= 4 is 11.6 Å². The van der Waals surface area contributed by atoms with E-state index in [9.17, 15) is 0 Å². The molecular weight excluding hydrogens is 292 g/mol. The summed E-state index contributed by atoms with van der Waals surface area (Å²) in [5, 5.41) is 4.71. The number of halogens is 1. The maximum absolute atomic E-state index is 6.07. The molecule has 110 valence electrons. The number of benzene rings is 2. The van der Waals surface area contributed by atoms with Gasteiger partial charge in [0.2, 0.25) is 0 Å². The minimum atomic E-state index is 0.588. The Balaban J connectivity index is 1.70. The largest absolute Gasteiger partial charge is 0.240 e. The lowest BCUT2D eigenvalue weighted by Crippen LogP contribution is -1.95. The number of alkyl halides is 1. The number of hydrogen-bond acceptors (Lipinski definition) is 1. The van der Waals surface area contributed by atoms with Gasteiger partial charge in [0.05, 0.1) is 11.4 Å². The molecule has 0 bridgehead atoms. The minimum absolute atomic E-state index is 0.588. The molecule has 2 nitrogen and oxygen atoms in total. The molecule has 0 unspecified atom stereocenters. The Hall–Kier alpha value is -2.06. The van der Waals surface area contributed by atoms with Crippen molar-refractivity contribution in [1.29, 1.82) is 0 Å². The molecule has 1 aliphatic rings. The molecule has 1 saturated carbocycles. The van der Waals surface area contributed by atoms with Crippen LogP contribution in [0, 0.1) is 0 Å². The van der Waals surface area contributed by atoms with Gasteiger partial charge in [0.1, 0.15) is 0 Å². The van der Waals surface area contributed by atoms with Crippen molar-refractivity contribution in [3.8, 4) is 16.9 Å². The van der Waals surface area contributed by atoms with Crippen molar-refractivity contribution < 1.29 is 0 Å². The molecule has 1 fully saturated rings. The van der Waals surface area contributed by atoms with Crippen molar-refractivity contribution in [3.63, 3.8) is 0 Å². The average molecular weight is 309 g/mol. The average Bonchev–Trinajstić information content (AvgIpc) is 3.31. The van der Waals surface area contributed by atoms with Gasteiger partial charge in [-0.25, -0.2) is 4.68 Å². The first kappa shape index (κ1) is 13.6. The summed E-state index contributed by atoms with van der Waals surface area (Å²) in [6.07, 6.45) is 4.58. The Morgan fingerprint density at radius 1 is 1.05 bits per heavy atom. The fourth-order valence-electron chi connectivity index (χ4n) is 2.85. The Bertz CT molecular complexity index is 788. The van der Waals surface area contributed by atoms with Gasteiger partial charge in [-0.3, -0.25) is 0 Å². The van der Waals surface area contributed by atoms with Crippen molar-refractivity contribution in [2.75, 3.05) is 0 Å². The second kappa shape index (κ2) is 5.62. The van der Waals surface area contributed by atoms with E-state index in [-0.39, 0.29) is 0 Å². The normalized spacial score (nSPS) is 14.2. The second-order valence-electron chi connectivity index (χ2n) is 5.80. The van der Waals surface area contributed by atoms with Crippen molar-refractivity contribution in [1.82, 2.24) is 9.78 Å². The standard InChI is InChI=1S/C19H17ClN2/c20-13-16-9-8-15(12-18(16)14-6-7-14)19-10-11-22(21-19)17-4-2-1-3-5-17/h1-5,8-12,14H,6-7,13H2. The first-order valence-corrected chi connectivity index (χ1v) is 8.19. The van der Waals surface area contributed by atoms with Crippen LogP contribution in [-0.4, -0.2) is 9.78 Å². The van der Waals surface area contributed by atoms with Crippen LogP contribution in [0.25, 0.3) is 16.9 Å². The maximum Gasteiger partial charge on any atom is 0.0927 e. The molecule has 0 amide bonds. The molecule has 0 aliphatic heterocycles. The van der Waals surface area contributed by atoms with Crippen molar-refractivity contribution in [2.24, 2.45) is 0 Å². The Morgan fingerprint density at radius 2 is 1.86 bits per heavy atom. The van der Waals surface area contributed by atoms with Crippen LogP contribution in [0.2, 0.25) is 0 Å². The number of para-hydroxylation sites is 1. The number of hydrogen-bond donors (Lipinski definition) is 0. The molecule has 0 atom stereocenters. The molecule has 0 radical (unpaired) electrons. The molecule has 4 rings (SSSR count). The summed E-state index contributed by atoms with van der Waals surface area (Å²) in [5.74, 6) is 1.29. The highest BCUT2D eigenvalue weighted by molar-refractivity contribution is 6.17. The topological polar surface area (TPSA) is 17.8 Å². The SMILES string of the molecule is ClCc1ccc(-c2ccn(-c3ccccc3)n2)cc1C1CC1. The number of rotatable bonds is 4. The third-order valence-electron chi connectivity index (χ3n) is 4.21. The summed E-state index contributed by atoms with van der Waals surface area (Å²) in [6.45, 7) is 0. The monoisotopic (exact) mass is 308 g/mol. The van der Waals surface area contributed by atoms with E-state index in [1.165, 1.54) is 29.5 Å². The number of nitrogens with zero attached hydrogens (tertiary/aromatic N) is 2. The van der Waals surface area contributed by atoms with Crippen LogP contribution in [0.5, 0.6) is 0 Å². The Labute approximate surface area is 135 Å². The molecule has 2 aromatic carbocycles. The summed E-state index contributed by atoms with van der Waals surface area (Å²) < 4.78 is 1.92. The predicted molar refractivity (Wildman–Crippen MR) is 90.5 cm³/mol. The van der Waals surface area contributed by atoms with E-state index in [1.807, 2.05) is 29.1 Å². The first-order chi connectivity index (χ1) is 10.8. The summed E-state index contributed by atoms with van der Waals surface area (Å²) in [5.41, 5.74) is 5.92. The molecule has 1 heterocycles. The molecule has 22 heavy (non-hydrogen) atoms. The zero-order valence-electron chi connectivity index (χ0n) is 12.2. The van der Waals surface area contributed by atoms with E-state index in [2.05, 4.69) is 36.4 Å². The quantitative estimate of drug-likeness (QED) is 0.609. The summed E-state index contributed by atoms with van der Waals surface area (Å²) in [4.78, 5) is 0. The molecule has 0 N–H and O–H groups in total. The van der Waals surface area contributed by atoms with Gasteiger partial charge in [-0.1, -0.05) is 30.3 Å². The smallest absolute Gasteiger partial charge is 0.0927 e. The van der Waals surface area contributed by atoms with Gasteiger partial charge in [0, 0.05) is 17.6 Å². The highest BCUT2D eigenvalue weighted by atomic mass is 35.5. The van der Waals surface area contributed by atoms with E-state index in [4.69, 9.17) is 16.7 Å². The van der Waals surface area contributed by atoms with Crippen LogP contribution in [0.15, 0.2) is 60.8 Å². The Morgan fingerprint density at radius 3 is 2.59 bits per heavy atom. The lowest BCUT2D eigenvalue weighted by atomic mass is 10.00. The molecule has 0 saturated heterocycles. The molecule has 1 aromatic heterocycles. The lowest BCUT2D eigenvalue weighted by molar-refractivity contribution is 0.884. The van der Waals surface area contributed by atoms with Crippen LogP contribution in [0.4, 0.5) is 0 Å². The van der Waals surface area contributed by atoms with E-state index in [1.54, 1.807) is 0 Å². The fraction of sp³-hybridized carbons (Fsp3) is 0.211. The van der Waals surface area contributed by atoms with Gasteiger partial charge in [0.25, 0.3) is 0 Å². The molecule has 3 heteroatoms. The molecular formula is C19H17ClN2. The van der Waals surface area contributed by atoms with Gasteiger partial charge in [-0.2, -0.15) is 5.10 Å². The fourth-order valence-corrected chi connectivity index (χ4v) is 3.10. The summed E-state index contributed by atoms with van der Waals surface area (Å²) in [7, 11) is 0. The van der Waals surface area contributed by atoms with E-state index in [0.717, 1.165) is 11.4 Å². The van der Waals surface area contributed by atoms with Crippen LogP contribution < -0.4 is 0 Å². The molecule has 3 aromatic rings. The van der Waals surface area contributed by atoms with Gasteiger partial charge < -0.3 is 0 Å². The van der Waals surface area contributed by atoms with Crippen LogP contribution >= 0.6 is 11.6 Å². The highest BCUT2D eigenvalue weighted by Gasteiger charge is 2.26. The zero-order valence-corrected chi connectivity index (χ0v) is 13.0. The van der Waals surface area contributed by atoms with E-state index >= 15 is 0 Å². The highest BCUT2D eigenvalue weighted by Crippen LogP contribution is 2.43. The third kappa shape index (κ3) is 2.55. The molecule has 0 spiro atoms. The Kier molecular flexibility index (Phi) is 3.47. The zero-order chi connectivity index (χ0) is 14.9. The number of aromatic nitrogens is 2. The summed E-state index contributed by atoms with van der Waals surface area (Å²) >= 11 is 6.07. The first-order valence-electron chi connectivity index (χ1n) is 7.65. The van der Waals surface area contributed by atoms with Crippen molar-refractivity contribution in [3.05, 3.63) is 71.9 Å². The van der Waals surface area contributed by atoms with E-state index < -0.39 is 0 Å². The van der Waals surface area contributed by atoms with Crippen molar-refractivity contribution in [2.45, 2.75) is 24.6 Å². The molecule has 1 aliphatic carbocycles. The van der Waals surface area contributed by atoms with Crippen LogP contribution in [0.1, 0.15) is 29.9 Å². The van der Waals surface area contributed by atoms with Gasteiger partial charge in [-0.05, 0) is 54.2 Å². The minimum Gasteiger partial charge on any atom is -0.240 e. The predicted octanol–water partition coefficient (Wildman–Crippen LogP) is 5.16. The van der Waals surface area contributed by atoms with E-state index in [0.29, 0.717) is 11.8 Å². The van der Waals surface area contributed by atoms with Gasteiger partial charge in [0.15, 0.2) is 0 Å².